The molecule has 12 heteroatoms. The Kier molecular flexibility index (Phi) is 10.2. The van der Waals surface area contributed by atoms with Crippen LogP contribution in [0.2, 0.25) is 5.15 Å². The fourth-order valence-corrected chi connectivity index (χ4v) is 8.40. The van der Waals surface area contributed by atoms with Crippen molar-refractivity contribution in [2.75, 3.05) is 11.5 Å². The van der Waals surface area contributed by atoms with Crippen molar-refractivity contribution in [1.29, 1.82) is 0 Å². The number of rotatable bonds is 8. The van der Waals surface area contributed by atoms with Gasteiger partial charge in [0.1, 0.15) is 63.7 Å². The van der Waals surface area contributed by atoms with Crippen LogP contribution in [0.15, 0.2) is 140 Å². The second-order valence-corrected chi connectivity index (χ2v) is 14.8. The molecular formula is C46H41ClN8O3. The van der Waals surface area contributed by atoms with E-state index < -0.39 is 6.10 Å². The average Bonchev–Trinajstić information content (AvgIpc) is 4.06. The van der Waals surface area contributed by atoms with Gasteiger partial charge >= 0.3 is 0 Å². The average molecular weight is 789 g/mol. The monoisotopic (exact) mass is 788 g/mol. The van der Waals surface area contributed by atoms with Gasteiger partial charge in [0, 0.05) is 29.8 Å². The van der Waals surface area contributed by atoms with Crippen LogP contribution in [0.3, 0.4) is 0 Å². The maximum absolute atomic E-state index is 9.89. The van der Waals surface area contributed by atoms with Crippen LogP contribution in [0, 0.1) is 0 Å². The lowest BCUT2D eigenvalue weighted by Gasteiger charge is -2.14. The van der Waals surface area contributed by atoms with Crippen LogP contribution in [0.1, 0.15) is 44.2 Å². The lowest BCUT2D eigenvalue weighted by molar-refractivity contribution is 0.211. The maximum Gasteiger partial charge on any atom is 0.147 e. The highest BCUT2D eigenvalue weighted by Gasteiger charge is 2.28. The molecule has 4 heterocycles. The summed E-state index contributed by atoms with van der Waals surface area (Å²) < 4.78 is 16.0. The fraction of sp³-hybridized carbons (Fsp3) is 0.174. The third kappa shape index (κ3) is 7.33. The zero-order valence-corrected chi connectivity index (χ0v) is 32.3. The van der Waals surface area contributed by atoms with Crippen LogP contribution in [-0.2, 0) is 0 Å². The summed E-state index contributed by atoms with van der Waals surface area (Å²) in [6, 6.07) is 35.6. The molecule has 2 aliphatic rings. The number of nitrogen functional groups attached to an aromatic ring is 2. The third-order valence-electron chi connectivity index (χ3n) is 10.7. The van der Waals surface area contributed by atoms with Gasteiger partial charge < -0.3 is 35.2 Å². The van der Waals surface area contributed by atoms with Crippen LogP contribution in [0.4, 0.5) is 11.6 Å². The van der Waals surface area contributed by atoms with Crippen molar-refractivity contribution in [1.82, 2.24) is 29.1 Å². The topological polar surface area (TPSA) is 152 Å². The van der Waals surface area contributed by atoms with Gasteiger partial charge in [0.05, 0.1) is 22.9 Å². The minimum absolute atomic E-state index is 0.0382. The number of anilines is 2. The Bertz CT molecular complexity index is 2710. The predicted octanol–water partition coefficient (Wildman–Crippen LogP) is 10.6. The summed E-state index contributed by atoms with van der Waals surface area (Å²) >= 11 is 6.92. The number of aliphatic hydroxyl groups is 1. The highest BCUT2D eigenvalue weighted by atomic mass is 35.5. The van der Waals surface area contributed by atoms with Gasteiger partial charge in [-0.2, -0.15) is 0 Å². The molecule has 290 valence electrons. The lowest BCUT2D eigenvalue weighted by atomic mass is 10.1. The maximum atomic E-state index is 9.89. The zero-order valence-electron chi connectivity index (χ0n) is 31.5. The summed E-state index contributed by atoms with van der Waals surface area (Å²) in [4.78, 5) is 17.4. The van der Waals surface area contributed by atoms with E-state index in [9.17, 15) is 5.11 Å². The Labute approximate surface area is 340 Å². The summed E-state index contributed by atoms with van der Waals surface area (Å²) in [6.07, 6.45) is 13.7. The van der Waals surface area contributed by atoms with Gasteiger partial charge in [0.15, 0.2) is 0 Å². The summed E-state index contributed by atoms with van der Waals surface area (Å²) in [5, 5.41) is 12.2. The van der Waals surface area contributed by atoms with Crippen molar-refractivity contribution in [2.24, 2.45) is 0 Å². The molecule has 8 aromatic rings. The molecule has 0 bridgehead atoms. The van der Waals surface area contributed by atoms with Crippen molar-refractivity contribution in [3.8, 4) is 45.3 Å². The highest BCUT2D eigenvalue weighted by Crippen LogP contribution is 2.45. The molecule has 10 rings (SSSR count). The molecule has 0 aliphatic heterocycles. The van der Waals surface area contributed by atoms with Gasteiger partial charge in [-0.15, -0.1) is 0 Å². The fourth-order valence-electron chi connectivity index (χ4n) is 7.98. The van der Waals surface area contributed by atoms with Crippen LogP contribution in [0.5, 0.6) is 23.0 Å². The first kappa shape index (κ1) is 36.9. The lowest BCUT2D eigenvalue weighted by Crippen LogP contribution is -2.08. The summed E-state index contributed by atoms with van der Waals surface area (Å²) in [6.45, 7) is 0. The molecule has 2 atom stereocenters. The Morgan fingerprint density at radius 1 is 0.621 bits per heavy atom. The number of halogens is 1. The number of benzene rings is 4. The number of allylic oxidation sites excluding steroid dienone is 1. The molecule has 2 unspecified atom stereocenters. The first-order chi connectivity index (χ1) is 28.4. The van der Waals surface area contributed by atoms with E-state index in [1.807, 2.05) is 128 Å². The zero-order chi connectivity index (χ0) is 39.6. The van der Waals surface area contributed by atoms with E-state index in [1.165, 1.54) is 25.5 Å². The van der Waals surface area contributed by atoms with E-state index in [0.717, 1.165) is 80.2 Å². The number of hydrogen-bond donors (Lipinski definition) is 3. The van der Waals surface area contributed by atoms with Crippen molar-refractivity contribution in [2.45, 2.75) is 50.3 Å². The Balaban J connectivity index is 0.000000150. The second kappa shape index (κ2) is 16.0. The normalized spacial score (nSPS) is 16.4. The van der Waals surface area contributed by atoms with Crippen molar-refractivity contribution in [3.05, 3.63) is 145 Å². The molecule has 5 N–H and O–H groups in total. The van der Waals surface area contributed by atoms with Crippen LogP contribution in [-0.4, -0.2) is 40.3 Å². The molecule has 0 saturated heterocycles. The van der Waals surface area contributed by atoms with Crippen molar-refractivity contribution in [3.63, 3.8) is 0 Å². The Hall–Kier alpha value is -6.69. The first-order valence-corrected chi connectivity index (χ1v) is 19.7. The SMILES string of the molecule is Nc1ncnc2c1c(-c1ccc(Oc3ccccc3)cc1)c(Cl)n2C1CCCC1.Nc1ncnc2c1c(-c1ccc(Oc3ccccc3)cc1)cn2C1C=CC(O)C1. The van der Waals surface area contributed by atoms with Gasteiger partial charge in [-0.3, -0.25) is 0 Å². The van der Waals surface area contributed by atoms with Crippen molar-refractivity contribution < 1.29 is 14.6 Å². The van der Waals surface area contributed by atoms with Gasteiger partial charge in [-0.1, -0.05) is 97.3 Å². The van der Waals surface area contributed by atoms with E-state index in [4.69, 9.17) is 32.5 Å². The summed E-state index contributed by atoms with van der Waals surface area (Å²) in [5.41, 5.74) is 17.9. The van der Waals surface area contributed by atoms with Crippen LogP contribution in [0.25, 0.3) is 44.3 Å². The van der Waals surface area contributed by atoms with Gasteiger partial charge in [0.25, 0.3) is 0 Å². The van der Waals surface area contributed by atoms with Gasteiger partial charge in [-0.05, 0) is 72.5 Å². The molecule has 1 saturated carbocycles. The van der Waals surface area contributed by atoms with E-state index in [2.05, 4.69) is 29.1 Å². The second-order valence-electron chi connectivity index (χ2n) is 14.5. The third-order valence-corrected chi connectivity index (χ3v) is 11.1. The number of hydrogen-bond acceptors (Lipinski definition) is 9. The quantitative estimate of drug-likeness (QED) is 0.128. The Morgan fingerprint density at radius 3 is 1.72 bits per heavy atom. The number of nitrogens with two attached hydrogens (primary N) is 2. The molecule has 11 nitrogen and oxygen atoms in total. The van der Waals surface area contributed by atoms with E-state index in [0.29, 0.717) is 29.3 Å². The van der Waals surface area contributed by atoms with Crippen molar-refractivity contribution >= 4 is 45.3 Å². The molecular weight excluding hydrogens is 748 g/mol. The molecule has 0 spiro atoms. The number of nitrogens with zero attached hydrogens (tertiary/aromatic N) is 6. The molecule has 0 radical (unpaired) electrons. The summed E-state index contributed by atoms with van der Waals surface area (Å²) in [7, 11) is 0. The van der Waals surface area contributed by atoms with E-state index >= 15 is 0 Å². The Morgan fingerprint density at radius 2 is 1.16 bits per heavy atom. The summed E-state index contributed by atoms with van der Waals surface area (Å²) in [5.74, 6) is 4.01. The number of aliphatic hydroxyl groups excluding tert-OH is 1. The standard InChI is InChI=1S/C23H21ClN4O.C23H20N4O2/c24-21-19(15-10-12-18(13-11-15)29-17-8-2-1-3-9-17)20-22(25)26-14-27-23(20)28(21)16-6-4-5-7-16;24-22-21-20(13-27(23(21)26-14-25-22)16-8-9-17(28)12-16)15-6-10-19(11-7-15)29-18-4-2-1-3-5-18/h1-3,8-14,16H,4-7H2,(H2,25,26,27);1-11,13-14,16-17,28H,12H2,(H2,24,25,26). The molecule has 58 heavy (non-hydrogen) atoms. The predicted molar refractivity (Wildman–Crippen MR) is 229 cm³/mol. The first-order valence-electron chi connectivity index (χ1n) is 19.3. The van der Waals surface area contributed by atoms with Gasteiger partial charge in [0.2, 0.25) is 0 Å². The van der Waals surface area contributed by atoms with E-state index in [-0.39, 0.29) is 6.04 Å². The van der Waals surface area contributed by atoms with Crippen LogP contribution < -0.4 is 20.9 Å². The molecule has 1 fully saturated rings. The largest absolute Gasteiger partial charge is 0.457 e. The number of fused-ring (bicyclic) bond motifs is 2. The minimum atomic E-state index is -0.436. The van der Waals surface area contributed by atoms with E-state index in [1.54, 1.807) is 0 Å². The molecule has 4 aromatic heterocycles. The number of ether oxygens (including phenoxy) is 2. The number of aromatic nitrogens is 6. The molecule has 2 aliphatic carbocycles. The number of para-hydroxylation sites is 2. The highest BCUT2D eigenvalue weighted by molar-refractivity contribution is 6.35. The minimum Gasteiger partial charge on any atom is -0.457 e. The molecule has 0 amide bonds. The van der Waals surface area contributed by atoms with Gasteiger partial charge in [-0.25, -0.2) is 19.9 Å². The molecule has 4 aromatic carbocycles. The van der Waals surface area contributed by atoms with Crippen LogP contribution >= 0.6 is 11.6 Å². The smallest absolute Gasteiger partial charge is 0.147 e.